The summed E-state index contributed by atoms with van der Waals surface area (Å²) < 4.78 is 2.84. The molecule has 0 saturated heterocycles. The van der Waals surface area contributed by atoms with Crippen molar-refractivity contribution in [3.8, 4) is 5.69 Å². The molecule has 0 spiro atoms. The molecule has 1 unspecified atom stereocenters. The number of halogens is 2. The molecule has 0 aliphatic carbocycles. The molecule has 1 N–H and O–H groups in total. The molecule has 1 amide bonds. The van der Waals surface area contributed by atoms with Crippen molar-refractivity contribution in [2.24, 2.45) is 0 Å². The highest BCUT2D eigenvalue weighted by molar-refractivity contribution is 9.10. The molecule has 0 saturated carbocycles. The molecule has 8 heteroatoms. The van der Waals surface area contributed by atoms with Gasteiger partial charge in [0.05, 0.1) is 11.7 Å². The minimum Gasteiger partial charge on any atom is -0.342 e. The molecule has 174 valence electrons. The molecule has 0 radical (unpaired) electrons. The Morgan fingerprint density at radius 2 is 1.85 bits per heavy atom. The second-order valence-electron chi connectivity index (χ2n) is 8.03. The van der Waals surface area contributed by atoms with E-state index in [1.165, 1.54) is 11.1 Å². The highest BCUT2D eigenvalue weighted by Gasteiger charge is 2.23. The maximum atomic E-state index is 12.9. The lowest BCUT2D eigenvalue weighted by atomic mass is 10.1. The number of aryl methyl sites for hydroxylation is 2. The van der Waals surface area contributed by atoms with Crippen LogP contribution < -0.4 is 5.32 Å². The van der Waals surface area contributed by atoms with Gasteiger partial charge in [0.2, 0.25) is 0 Å². The van der Waals surface area contributed by atoms with Gasteiger partial charge in [-0.15, -0.1) is 10.2 Å². The standard InChI is InChI=1S/C26H24BrClN4OS/c1-16-7-4-5-8-20(16)15-34-26-31-30-24(32(26)23-14-22(28)12-11-17(23)2)18(3)29-25(33)19-9-6-10-21(27)13-19/h4-14,18H,15H2,1-3H3,(H,29,33). The summed E-state index contributed by atoms with van der Waals surface area (Å²) in [6.45, 7) is 6.04. The number of aromatic nitrogens is 3. The average molecular weight is 556 g/mol. The number of nitrogens with one attached hydrogen (secondary N) is 1. The molecule has 34 heavy (non-hydrogen) atoms. The summed E-state index contributed by atoms with van der Waals surface area (Å²) >= 11 is 11.4. The van der Waals surface area contributed by atoms with E-state index in [0.717, 1.165) is 26.6 Å². The Bertz CT molecular complexity index is 1340. The van der Waals surface area contributed by atoms with Gasteiger partial charge in [0.1, 0.15) is 0 Å². The zero-order valence-corrected chi connectivity index (χ0v) is 22.2. The van der Waals surface area contributed by atoms with Gasteiger partial charge in [-0.2, -0.15) is 0 Å². The summed E-state index contributed by atoms with van der Waals surface area (Å²) in [6.07, 6.45) is 0. The fourth-order valence-electron chi connectivity index (χ4n) is 3.59. The maximum Gasteiger partial charge on any atom is 0.251 e. The van der Waals surface area contributed by atoms with Gasteiger partial charge in [0, 0.05) is 20.8 Å². The molecule has 0 aliphatic rings. The van der Waals surface area contributed by atoms with Crippen molar-refractivity contribution in [2.75, 3.05) is 0 Å². The molecular formula is C26H24BrClN4OS. The number of rotatable bonds is 7. The predicted octanol–water partition coefficient (Wildman–Crippen LogP) is 7.08. The number of carbonyl (C=O) groups is 1. The van der Waals surface area contributed by atoms with Crippen molar-refractivity contribution in [1.82, 2.24) is 20.1 Å². The maximum absolute atomic E-state index is 12.9. The van der Waals surface area contributed by atoms with Crippen LogP contribution in [0.15, 0.2) is 76.4 Å². The molecule has 0 bridgehead atoms. The minimum absolute atomic E-state index is 0.180. The number of hydrogen-bond donors (Lipinski definition) is 1. The Morgan fingerprint density at radius 1 is 1.06 bits per heavy atom. The van der Waals surface area contributed by atoms with Gasteiger partial charge in [0.15, 0.2) is 11.0 Å². The molecule has 1 heterocycles. The molecule has 0 aliphatic heterocycles. The van der Waals surface area contributed by atoms with Crippen LogP contribution in [0.4, 0.5) is 0 Å². The molecular weight excluding hydrogens is 532 g/mol. The zero-order valence-electron chi connectivity index (χ0n) is 19.0. The number of benzene rings is 3. The Morgan fingerprint density at radius 3 is 2.62 bits per heavy atom. The van der Waals surface area contributed by atoms with Crippen LogP contribution in [0.5, 0.6) is 0 Å². The SMILES string of the molecule is Cc1ccccc1CSc1nnc(C(C)NC(=O)c2cccc(Br)c2)n1-c1cc(Cl)ccc1C. The zero-order chi connectivity index (χ0) is 24.2. The highest BCUT2D eigenvalue weighted by atomic mass is 79.9. The average Bonchev–Trinajstić information content (AvgIpc) is 3.24. The van der Waals surface area contributed by atoms with Crippen molar-refractivity contribution in [3.63, 3.8) is 0 Å². The largest absolute Gasteiger partial charge is 0.342 e. The second-order valence-corrected chi connectivity index (χ2v) is 10.3. The first-order chi connectivity index (χ1) is 16.3. The van der Waals surface area contributed by atoms with Crippen molar-refractivity contribution in [1.29, 1.82) is 0 Å². The number of carbonyl (C=O) groups excluding carboxylic acids is 1. The lowest BCUT2D eigenvalue weighted by Gasteiger charge is -2.18. The van der Waals surface area contributed by atoms with Gasteiger partial charge >= 0.3 is 0 Å². The number of amides is 1. The van der Waals surface area contributed by atoms with E-state index in [-0.39, 0.29) is 11.9 Å². The van der Waals surface area contributed by atoms with Crippen molar-refractivity contribution < 1.29 is 4.79 Å². The van der Waals surface area contributed by atoms with Gasteiger partial charge < -0.3 is 5.32 Å². The van der Waals surface area contributed by atoms with Crippen molar-refractivity contribution >= 4 is 45.2 Å². The normalized spacial score (nSPS) is 11.9. The van der Waals surface area contributed by atoms with Crippen LogP contribution in [0.2, 0.25) is 5.02 Å². The van der Waals surface area contributed by atoms with E-state index >= 15 is 0 Å². The van der Waals surface area contributed by atoms with Crippen LogP contribution in [-0.4, -0.2) is 20.7 Å². The fraction of sp³-hybridized carbons (Fsp3) is 0.192. The van der Waals surface area contributed by atoms with E-state index in [9.17, 15) is 4.79 Å². The number of hydrogen-bond acceptors (Lipinski definition) is 4. The predicted molar refractivity (Wildman–Crippen MR) is 142 cm³/mol. The summed E-state index contributed by atoms with van der Waals surface area (Å²) in [6, 6.07) is 21.0. The highest BCUT2D eigenvalue weighted by Crippen LogP contribution is 2.31. The third kappa shape index (κ3) is 5.54. The van der Waals surface area contributed by atoms with Gasteiger partial charge in [-0.05, 0) is 67.8 Å². The van der Waals surface area contributed by atoms with E-state index in [1.807, 2.05) is 60.9 Å². The van der Waals surface area contributed by atoms with E-state index in [0.29, 0.717) is 16.4 Å². The molecule has 1 atom stereocenters. The third-order valence-electron chi connectivity index (χ3n) is 5.51. The van der Waals surface area contributed by atoms with Crippen LogP contribution in [0, 0.1) is 13.8 Å². The van der Waals surface area contributed by atoms with E-state index in [1.54, 1.807) is 23.9 Å². The van der Waals surface area contributed by atoms with Crippen LogP contribution >= 0.6 is 39.3 Å². The lowest BCUT2D eigenvalue weighted by Crippen LogP contribution is -2.28. The Balaban J connectivity index is 1.68. The van der Waals surface area contributed by atoms with Gasteiger partial charge in [-0.3, -0.25) is 9.36 Å². The first-order valence-electron chi connectivity index (χ1n) is 10.8. The van der Waals surface area contributed by atoms with Gasteiger partial charge in [0.25, 0.3) is 5.91 Å². The summed E-state index contributed by atoms with van der Waals surface area (Å²) in [5.41, 5.74) is 4.97. The molecule has 0 fully saturated rings. The van der Waals surface area contributed by atoms with Crippen molar-refractivity contribution in [3.05, 3.63) is 104 Å². The minimum atomic E-state index is -0.384. The molecule has 5 nitrogen and oxygen atoms in total. The summed E-state index contributed by atoms with van der Waals surface area (Å²) in [7, 11) is 0. The lowest BCUT2D eigenvalue weighted by molar-refractivity contribution is 0.0938. The van der Waals surface area contributed by atoms with Crippen LogP contribution in [0.1, 0.15) is 45.8 Å². The van der Waals surface area contributed by atoms with Crippen LogP contribution in [0.25, 0.3) is 5.69 Å². The van der Waals surface area contributed by atoms with Gasteiger partial charge in [-0.25, -0.2) is 0 Å². The first-order valence-corrected chi connectivity index (χ1v) is 12.9. The molecule has 1 aromatic heterocycles. The summed E-state index contributed by atoms with van der Waals surface area (Å²) in [5, 5.41) is 13.4. The smallest absolute Gasteiger partial charge is 0.251 e. The first kappa shape index (κ1) is 24.5. The fourth-order valence-corrected chi connectivity index (χ4v) is 5.19. The second kappa shape index (κ2) is 10.8. The topological polar surface area (TPSA) is 59.8 Å². The molecule has 3 aromatic carbocycles. The van der Waals surface area contributed by atoms with Gasteiger partial charge in [-0.1, -0.05) is 75.7 Å². The van der Waals surface area contributed by atoms with Crippen LogP contribution in [0.3, 0.4) is 0 Å². The monoisotopic (exact) mass is 554 g/mol. The number of nitrogens with zero attached hydrogens (tertiary/aromatic N) is 3. The summed E-state index contributed by atoms with van der Waals surface area (Å²) in [4.78, 5) is 12.9. The third-order valence-corrected chi connectivity index (χ3v) is 7.22. The van der Waals surface area contributed by atoms with Crippen LogP contribution in [-0.2, 0) is 5.75 Å². The van der Waals surface area contributed by atoms with E-state index < -0.39 is 0 Å². The quantitative estimate of drug-likeness (QED) is 0.248. The number of thioether (sulfide) groups is 1. The van der Waals surface area contributed by atoms with E-state index in [4.69, 9.17) is 11.6 Å². The molecule has 4 aromatic rings. The van der Waals surface area contributed by atoms with E-state index in [2.05, 4.69) is 50.5 Å². The Kier molecular flexibility index (Phi) is 7.76. The Hall–Kier alpha value is -2.61. The van der Waals surface area contributed by atoms with Crippen molar-refractivity contribution in [2.45, 2.75) is 37.7 Å². The Labute approximate surface area is 217 Å². The molecule has 4 rings (SSSR count). The summed E-state index contributed by atoms with van der Waals surface area (Å²) in [5.74, 6) is 1.21.